The third-order valence-corrected chi connectivity index (χ3v) is 6.08. The number of pyridine rings is 3. The molecule has 1 aliphatic rings. The van der Waals surface area contributed by atoms with E-state index in [-0.39, 0.29) is 24.8 Å². The molecule has 1 amide bonds. The highest BCUT2D eigenvalue weighted by Gasteiger charge is 2.36. The maximum Gasteiger partial charge on any atom is 0.433 e. The zero-order valence-corrected chi connectivity index (χ0v) is 18.5. The SMILES string of the molecule is Cc1nc2nc(N)c3cnn(C)c3c2cc1C(=O)N(C)[C@@H]1COCc2nc(C(F)(F)F)ccc21. The summed E-state index contributed by atoms with van der Waals surface area (Å²) in [6.07, 6.45) is -2.96. The number of alkyl halides is 3. The van der Waals surface area contributed by atoms with Gasteiger partial charge < -0.3 is 15.4 Å². The molecule has 4 aromatic heterocycles. The number of likely N-dealkylation sites (N-methyl/N-ethyl adjacent to an activating group) is 1. The Morgan fingerprint density at radius 1 is 1.24 bits per heavy atom. The lowest BCUT2D eigenvalue weighted by molar-refractivity contribution is -0.141. The first-order valence-electron chi connectivity index (χ1n) is 10.4. The van der Waals surface area contributed by atoms with Crippen LogP contribution in [0.2, 0.25) is 0 Å². The predicted molar refractivity (Wildman–Crippen MR) is 117 cm³/mol. The number of amides is 1. The van der Waals surface area contributed by atoms with Gasteiger partial charge in [0.1, 0.15) is 11.5 Å². The first-order chi connectivity index (χ1) is 16.1. The van der Waals surface area contributed by atoms with Gasteiger partial charge in [-0.15, -0.1) is 0 Å². The van der Waals surface area contributed by atoms with E-state index in [1.165, 1.54) is 11.0 Å². The highest BCUT2D eigenvalue weighted by atomic mass is 19.4. The van der Waals surface area contributed by atoms with Crippen molar-refractivity contribution in [3.8, 4) is 0 Å². The number of fused-ring (bicyclic) bond motifs is 4. The summed E-state index contributed by atoms with van der Waals surface area (Å²) in [6.45, 7) is 1.76. The molecule has 176 valence electrons. The molecule has 0 saturated carbocycles. The number of anilines is 1. The highest BCUT2D eigenvalue weighted by Crippen LogP contribution is 2.34. The number of nitrogens with two attached hydrogens (primary N) is 1. The first kappa shape index (κ1) is 22.0. The van der Waals surface area contributed by atoms with E-state index in [9.17, 15) is 18.0 Å². The predicted octanol–water partition coefficient (Wildman–Crippen LogP) is 3.16. The Balaban J connectivity index is 1.56. The van der Waals surface area contributed by atoms with Gasteiger partial charge in [-0.3, -0.25) is 9.48 Å². The molecule has 34 heavy (non-hydrogen) atoms. The van der Waals surface area contributed by atoms with E-state index in [4.69, 9.17) is 10.5 Å². The number of hydrogen-bond acceptors (Lipinski definition) is 7. The molecule has 9 nitrogen and oxygen atoms in total. The molecular weight excluding hydrogens is 451 g/mol. The first-order valence-corrected chi connectivity index (χ1v) is 10.4. The van der Waals surface area contributed by atoms with Crippen LogP contribution in [0, 0.1) is 6.92 Å². The number of ether oxygens (including phenoxy) is 1. The molecule has 2 N–H and O–H groups in total. The summed E-state index contributed by atoms with van der Waals surface area (Å²) in [5, 5.41) is 5.49. The second kappa shape index (κ2) is 7.62. The Labute approximate surface area is 191 Å². The summed E-state index contributed by atoms with van der Waals surface area (Å²) in [4.78, 5) is 27.5. The van der Waals surface area contributed by atoms with Gasteiger partial charge in [0.2, 0.25) is 0 Å². The van der Waals surface area contributed by atoms with E-state index >= 15 is 0 Å². The summed E-state index contributed by atoms with van der Waals surface area (Å²) in [5.41, 5.74) is 7.59. The molecule has 1 atom stereocenters. The quantitative estimate of drug-likeness (QED) is 0.478. The Hall–Kier alpha value is -3.80. The molecule has 0 saturated heterocycles. The van der Waals surface area contributed by atoms with Gasteiger partial charge in [0, 0.05) is 25.0 Å². The fraction of sp³-hybridized carbons (Fsp3) is 0.318. The standard InChI is InChI=1S/C22H20F3N7O2/c1-10-12(6-13-18-14(7-27-32(18)3)19(26)30-20(13)28-10)21(33)31(2)16-9-34-8-15-11(16)4-5-17(29-15)22(23,24)25/h4-7,16H,8-9H2,1-3H3,(H2,26,28,30)/t16-/m1/s1. The van der Waals surface area contributed by atoms with E-state index in [2.05, 4.69) is 20.1 Å². The molecular formula is C22H20F3N7O2. The Bertz CT molecular complexity index is 1460. The van der Waals surface area contributed by atoms with E-state index in [1.807, 2.05) is 0 Å². The molecule has 0 radical (unpaired) electrons. The van der Waals surface area contributed by atoms with Gasteiger partial charge in [-0.1, -0.05) is 6.07 Å². The molecule has 5 rings (SSSR count). The number of hydrogen-bond donors (Lipinski definition) is 1. The van der Waals surface area contributed by atoms with Gasteiger partial charge in [0.15, 0.2) is 5.65 Å². The van der Waals surface area contributed by atoms with Crippen LogP contribution in [0.3, 0.4) is 0 Å². The summed E-state index contributed by atoms with van der Waals surface area (Å²) >= 11 is 0. The van der Waals surface area contributed by atoms with E-state index < -0.39 is 17.9 Å². The number of rotatable bonds is 2. The zero-order valence-electron chi connectivity index (χ0n) is 18.5. The van der Waals surface area contributed by atoms with Crippen LogP contribution in [-0.2, 0) is 24.6 Å². The zero-order chi connectivity index (χ0) is 24.4. The van der Waals surface area contributed by atoms with Crippen LogP contribution >= 0.6 is 0 Å². The summed E-state index contributed by atoms with van der Waals surface area (Å²) in [7, 11) is 3.33. The topological polar surface area (TPSA) is 112 Å². The van der Waals surface area contributed by atoms with Crippen LogP contribution in [0.1, 0.15) is 39.0 Å². The summed E-state index contributed by atoms with van der Waals surface area (Å²) < 4.78 is 46.4. The van der Waals surface area contributed by atoms with Crippen molar-refractivity contribution in [3.05, 3.63) is 52.6 Å². The highest BCUT2D eigenvalue weighted by molar-refractivity contribution is 6.09. The summed E-state index contributed by atoms with van der Waals surface area (Å²) in [6, 6.07) is 3.37. The van der Waals surface area contributed by atoms with Crippen molar-refractivity contribution in [2.45, 2.75) is 25.7 Å². The smallest absolute Gasteiger partial charge is 0.383 e. The number of aryl methyl sites for hydroxylation is 2. The number of aromatic nitrogens is 5. The van der Waals surface area contributed by atoms with Crippen LogP contribution < -0.4 is 5.73 Å². The molecule has 0 bridgehead atoms. The van der Waals surface area contributed by atoms with E-state index in [0.29, 0.717) is 44.6 Å². The number of nitrogen functional groups attached to an aromatic ring is 1. The van der Waals surface area contributed by atoms with Crippen LogP contribution in [-0.4, -0.2) is 49.2 Å². The molecule has 0 fully saturated rings. The maximum absolute atomic E-state index is 13.5. The average molecular weight is 471 g/mol. The van der Waals surface area contributed by atoms with Gasteiger partial charge in [-0.2, -0.15) is 18.3 Å². The minimum absolute atomic E-state index is 0.0557. The monoisotopic (exact) mass is 471 g/mol. The molecule has 0 spiro atoms. The Morgan fingerprint density at radius 2 is 2.00 bits per heavy atom. The van der Waals surface area contributed by atoms with Crippen molar-refractivity contribution in [3.63, 3.8) is 0 Å². The van der Waals surface area contributed by atoms with Gasteiger partial charge >= 0.3 is 6.18 Å². The third-order valence-electron chi connectivity index (χ3n) is 6.08. The molecule has 4 aromatic rings. The second-order valence-electron chi connectivity index (χ2n) is 8.20. The Morgan fingerprint density at radius 3 is 2.74 bits per heavy atom. The van der Waals surface area contributed by atoms with Gasteiger partial charge in [0.05, 0.1) is 53.3 Å². The Kier molecular flexibility index (Phi) is 4.93. The summed E-state index contributed by atoms with van der Waals surface area (Å²) in [5.74, 6) is -0.0687. The maximum atomic E-state index is 13.5. The van der Waals surface area contributed by atoms with Crippen molar-refractivity contribution < 1.29 is 22.7 Å². The largest absolute Gasteiger partial charge is 0.433 e. The fourth-order valence-corrected chi connectivity index (χ4v) is 4.29. The molecule has 5 heterocycles. The molecule has 1 aliphatic heterocycles. The van der Waals surface area contributed by atoms with Crippen molar-refractivity contribution in [2.24, 2.45) is 7.05 Å². The van der Waals surface area contributed by atoms with Crippen molar-refractivity contribution in [2.75, 3.05) is 19.4 Å². The van der Waals surface area contributed by atoms with Gasteiger partial charge in [-0.05, 0) is 19.1 Å². The van der Waals surface area contributed by atoms with Gasteiger partial charge in [0.25, 0.3) is 5.91 Å². The van der Waals surface area contributed by atoms with Gasteiger partial charge in [-0.25, -0.2) is 15.0 Å². The number of nitrogens with zero attached hydrogens (tertiary/aromatic N) is 6. The van der Waals surface area contributed by atoms with E-state index in [1.54, 1.807) is 38.0 Å². The number of carbonyl (C=O) groups is 1. The minimum Gasteiger partial charge on any atom is -0.383 e. The molecule has 12 heteroatoms. The van der Waals surface area contributed by atoms with E-state index in [0.717, 1.165) is 6.07 Å². The van der Waals surface area contributed by atoms with Crippen molar-refractivity contribution in [1.29, 1.82) is 0 Å². The van der Waals surface area contributed by atoms with Crippen LogP contribution in [0.4, 0.5) is 19.0 Å². The number of carbonyl (C=O) groups excluding carboxylic acids is 1. The number of halogens is 3. The molecule has 0 aliphatic carbocycles. The van der Waals surface area contributed by atoms with Crippen LogP contribution in [0.15, 0.2) is 24.4 Å². The molecule has 0 unspecified atom stereocenters. The van der Waals surface area contributed by atoms with Crippen LogP contribution in [0.5, 0.6) is 0 Å². The lowest BCUT2D eigenvalue weighted by Crippen LogP contribution is -2.37. The normalized spacial score (nSPS) is 16.1. The third kappa shape index (κ3) is 3.41. The molecule has 0 aromatic carbocycles. The second-order valence-corrected chi connectivity index (χ2v) is 8.20. The lowest BCUT2D eigenvalue weighted by atomic mass is 10.0. The van der Waals surface area contributed by atoms with Crippen LogP contribution in [0.25, 0.3) is 21.9 Å². The van der Waals surface area contributed by atoms with Crippen molar-refractivity contribution >= 4 is 33.7 Å². The van der Waals surface area contributed by atoms with Crippen molar-refractivity contribution in [1.82, 2.24) is 29.6 Å². The fourth-order valence-electron chi connectivity index (χ4n) is 4.29. The minimum atomic E-state index is -4.56. The lowest BCUT2D eigenvalue weighted by Gasteiger charge is -2.33. The average Bonchev–Trinajstić information content (AvgIpc) is 3.19.